The van der Waals surface area contributed by atoms with E-state index in [0.717, 1.165) is 0 Å². The third-order valence-corrected chi connectivity index (χ3v) is 0.592. The Kier molecular flexibility index (Phi) is 3.77. The van der Waals surface area contributed by atoms with Crippen LogP contribution in [0.3, 0.4) is 0 Å². The summed E-state index contributed by atoms with van der Waals surface area (Å²) in [4.78, 5) is 5.06. The Morgan fingerprint density at radius 1 is 1.44 bits per heavy atom. The molecule has 0 saturated carbocycles. The Balaban J connectivity index is 3.07. The van der Waals surface area contributed by atoms with Gasteiger partial charge in [-0.2, -0.15) is 5.48 Å². The molecule has 3 nitrogen and oxygen atoms in total. The Hall–Kier alpha value is -0.120. The van der Waals surface area contributed by atoms with E-state index in [2.05, 4.69) is 5.48 Å². The minimum Gasteiger partial charge on any atom is -0.395 e. The highest BCUT2D eigenvalue weighted by atomic mass is 16.7. The van der Waals surface area contributed by atoms with Crippen LogP contribution >= 0.6 is 0 Å². The number of nitrogens with one attached hydrogen (secondary N) is 1. The molecule has 0 atom stereocenters. The number of hydroxylamine groups is 1. The van der Waals surface area contributed by atoms with Crippen molar-refractivity contribution in [3.8, 4) is 0 Å². The van der Waals surface area contributed by atoms with Crippen molar-refractivity contribution in [3.63, 3.8) is 0 Å². The summed E-state index contributed by atoms with van der Waals surface area (Å²) >= 11 is 0. The van der Waals surface area contributed by atoms with Crippen LogP contribution in [-0.4, -0.2) is 23.9 Å². The summed E-state index contributed by atoms with van der Waals surface area (Å²) in [5, 5.41) is 8.32. The molecule has 0 aliphatic rings. The normalized spacial score (nSPS) is 12.0. The Morgan fingerprint density at radius 2 is 2.00 bits per heavy atom. The van der Waals surface area contributed by atoms with Gasteiger partial charge in [0.05, 0.1) is 12.2 Å². The molecule has 0 spiro atoms. The molecular formula is C6H15NO2. The molecule has 0 amide bonds. The average Bonchev–Trinajstić information content (AvgIpc) is 1.63. The van der Waals surface area contributed by atoms with Crippen LogP contribution in [-0.2, 0) is 4.84 Å². The highest BCUT2D eigenvalue weighted by Crippen LogP contribution is 2.02. The smallest absolute Gasteiger partial charge is 0.0812 e. The first-order valence-corrected chi connectivity index (χ1v) is 3.08. The topological polar surface area (TPSA) is 41.5 Å². The summed E-state index contributed by atoms with van der Waals surface area (Å²) in [6, 6.07) is 0. The van der Waals surface area contributed by atoms with Crippen LogP contribution in [0, 0.1) is 0 Å². The maximum absolute atomic E-state index is 8.32. The summed E-state index contributed by atoms with van der Waals surface area (Å²) in [6.45, 7) is 6.42. The second kappa shape index (κ2) is 3.82. The molecule has 0 aromatic heterocycles. The third kappa shape index (κ3) is 7.88. The molecule has 0 aliphatic heterocycles. The van der Waals surface area contributed by atoms with Crippen molar-refractivity contribution in [2.24, 2.45) is 0 Å². The van der Waals surface area contributed by atoms with E-state index in [1.807, 2.05) is 20.8 Å². The lowest BCUT2D eigenvalue weighted by molar-refractivity contribution is -0.0757. The van der Waals surface area contributed by atoms with Gasteiger partial charge in [-0.15, -0.1) is 0 Å². The van der Waals surface area contributed by atoms with Gasteiger partial charge in [0, 0.05) is 6.54 Å². The molecule has 0 radical (unpaired) electrons. The molecule has 56 valence electrons. The largest absolute Gasteiger partial charge is 0.395 e. The van der Waals surface area contributed by atoms with Crippen LogP contribution in [0.1, 0.15) is 20.8 Å². The van der Waals surface area contributed by atoms with Crippen LogP contribution in [0.15, 0.2) is 0 Å². The standard InChI is InChI=1S/C6H15NO2/c1-6(2,3)9-7-4-5-8/h7-8H,4-5H2,1-3H3. The molecule has 0 rings (SSSR count). The monoisotopic (exact) mass is 133 g/mol. The minimum atomic E-state index is -0.171. The fourth-order valence-corrected chi connectivity index (χ4v) is 0.313. The molecule has 0 saturated heterocycles. The summed E-state index contributed by atoms with van der Waals surface area (Å²) in [5.74, 6) is 0. The van der Waals surface area contributed by atoms with Crippen molar-refractivity contribution in [2.75, 3.05) is 13.2 Å². The lowest BCUT2D eigenvalue weighted by Crippen LogP contribution is -2.30. The van der Waals surface area contributed by atoms with Crippen LogP contribution < -0.4 is 5.48 Å². The predicted octanol–water partition coefficient (Wildman–Crippen LogP) is 0.298. The van der Waals surface area contributed by atoms with Crippen LogP contribution in [0.4, 0.5) is 0 Å². The van der Waals surface area contributed by atoms with Gasteiger partial charge in [-0.3, -0.25) is 4.84 Å². The number of hydrogen-bond donors (Lipinski definition) is 2. The van der Waals surface area contributed by atoms with Gasteiger partial charge in [-0.25, -0.2) is 0 Å². The third-order valence-electron chi connectivity index (χ3n) is 0.592. The van der Waals surface area contributed by atoms with Crippen molar-refractivity contribution in [1.82, 2.24) is 5.48 Å². The number of aliphatic hydroxyl groups is 1. The van der Waals surface area contributed by atoms with Crippen LogP contribution in [0.25, 0.3) is 0 Å². The molecule has 0 unspecified atom stereocenters. The van der Waals surface area contributed by atoms with Gasteiger partial charge in [-0.1, -0.05) is 0 Å². The number of aliphatic hydroxyl groups excluding tert-OH is 1. The van der Waals surface area contributed by atoms with E-state index in [0.29, 0.717) is 6.54 Å². The molecule has 9 heavy (non-hydrogen) atoms. The maximum atomic E-state index is 8.32. The van der Waals surface area contributed by atoms with Gasteiger partial charge in [0.25, 0.3) is 0 Å². The SMILES string of the molecule is CC(C)(C)ONCCO. The number of hydrogen-bond acceptors (Lipinski definition) is 3. The minimum absolute atomic E-state index is 0.107. The first kappa shape index (κ1) is 8.88. The summed E-state index contributed by atoms with van der Waals surface area (Å²) < 4.78 is 0. The zero-order valence-corrected chi connectivity index (χ0v) is 6.27. The Labute approximate surface area is 56.0 Å². The fourth-order valence-electron chi connectivity index (χ4n) is 0.313. The van der Waals surface area contributed by atoms with E-state index in [9.17, 15) is 0 Å². The van der Waals surface area contributed by atoms with E-state index in [4.69, 9.17) is 9.94 Å². The van der Waals surface area contributed by atoms with Gasteiger partial charge >= 0.3 is 0 Å². The molecule has 0 bridgehead atoms. The highest BCUT2D eigenvalue weighted by Gasteiger charge is 2.08. The van der Waals surface area contributed by atoms with Gasteiger partial charge in [0.1, 0.15) is 0 Å². The maximum Gasteiger partial charge on any atom is 0.0812 e. The lowest BCUT2D eigenvalue weighted by atomic mass is 10.2. The van der Waals surface area contributed by atoms with Crippen molar-refractivity contribution >= 4 is 0 Å². The Morgan fingerprint density at radius 3 is 2.33 bits per heavy atom. The molecule has 2 N–H and O–H groups in total. The van der Waals surface area contributed by atoms with Crippen molar-refractivity contribution in [3.05, 3.63) is 0 Å². The van der Waals surface area contributed by atoms with Crippen LogP contribution in [0.5, 0.6) is 0 Å². The fraction of sp³-hybridized carbons (Fsp3) is 1.00. The summed E-state index contributed by atoms with van der Waals surface area (Å²) in [5.41, 5.74) is 2.45. The van der Waals surface area contributed by atoms with E-state index < -0.39 is 0 Å². The molecule has 0 fully saturated rings. The molecule has 0 heterocycles. The molecule has 0 aromatic rings. The van der Waals surface area contributed by atoms with Gasteiger partial charge < -0.3 is 5.11 Å². The van der Waals surface area contributed by atoms with Crippen molar-refractivity contribution in [1.29, 1.82) is 0 Å². The van der Waals surface area contributed by atoms with E-state index in [1.54, 1.807) is 0 Å². The molecule has 0 aliphatic carbocycles. The zero-order valence-electron chi connectivity index (χ0n) is 6.27. The van der Waals surface area contributed by atoms with Gasteiger partial charge in [-0.05, 0) is 20.8 Å². The quantitative estimate of drug-likeness (QED) is 0.429. The first-order chi connectivity index (χ1) is 4.06. The first-order valence-electron chi connectivity index (χ1n) is 3.08. The van der Waals surface area contributed by atoms with Crippen molar-refractivity contribution in [2.45, 2.75) is 26.4 Å². The average molecular weight is 133 g/mol. The Bertz CT molecular complexity index is 67.9. The van der Waals surface area contributed by atoms with Crippen molar-refractivity contribution < 1.29 is 9.94 Å². The van der Waals surface area contributed by atoms with Gasteiger partial charge in [0.15, 0.2) is 0 Å². The molecule has 0 aromatic carbocycles. The second-order valence-corrected chi connectivity index (χ2v) is 2.83. The predicted molar refractivity (Wildman–Crippen MR) is 35.9 cm³/mol. The lowest BCUT2D eigenvalue weighted by Gasteiger charge is -2.18. The van der Waals surface area contributed by atoms with E-state index >= 15 is 0 Å². The zero-order chi connectivity index (χ0) is 7.33. The van der Waals surface area contributed by atoms with E-state index in [1.165, 1.54) is 0 Å². The second-order valence-electron chi connectivity index (χ2n) is 2.83. The summed E-state index contributed by atoms with van der Waals surface area (Å²) in [7, 11) is 0. The number of rotatable bonds is 3. The molecular weight excluding hydrogens is 118 g/mol. The van der Waals surface area contributed by atoms with Gasteiger partial charge in [0.2, 0.25) is 0 Å². The van der Waals surface area contributed by atoms with Crippen LogP contribution in [0.2, 0.25) is 0 Å². The van der Waals surface area contributed by atoms with E-state index in [-0.39, 0.29) is 12.2 Å². The highest BCUT2D eigenvalue weighted by molar-refractivity contribution is 4.55. The summed E-state index contributed by atoms with van der Waals surface area (Å²) in [6.07, 6.45) is 0. The molecule has 3 heteroatoms.